The first-order valence-corrected chi connectivity index (χ1v) is 8.09. The molecule has 1 aliphatic rings. The van der Waals surface area contributed by atoms with Crippen molar-refractivity contribution in [3.63, 3.8) is 0 Å². The number of halogens is 1. The topological polar surface area (TPSA) is 64.6 Å². The largest absolute Gasteiger partial charge is 0.486 e. The van der Waals surface area contributed by atoms with Crippen LogP contribution in [0.15, 0.2) is 47.4 Å². The first-order valence-electron chi connectivity index (χ1n) is 6.23. The van der Waals surface area contributed by atoms with Gasteiger partial charge in [-0.1, -0.05) is 23.7 Å². The molecule has 0 amide bonds. The molecule has 0 unspecified atom stereocenters. The highest BCUT2D eigenvalue weighted by atomic mass is 35.5. The lowest BCUT2D eigenvalue weighted by Crippen LogP contribution is -2.16. The molecular formula is C14H12ClNO4S. The Morgan fingerprint density at radius 1 is 1.00 bits per heavy atom. The summed E-state index contributed by atoms with van der Waals surface area (Å²) in [6.07, 6.45) is 0. The second-order valence-corrected chi connectivity index (χ2v) is 6.45. The second kappa shape index (κ2) is 5.46. The van der Waals surface area contributed by atoms with Crippen LogP contribution in [0.25, 0.3) is 0 Å². The van der Waals surface area contributed by atoms with E-state index in [1.54, 1.807) is 30.3 Å². The van der Waals surface area contributed by atoms with E-state index in [9.17, 15) is 8.42 Å². The third-order valence-corrected chi connectivity index (χ3v) is 4.80. The Bertz CT molecular complexity index is 776. The summed E-state index contributed by atoms with van der Waals surface area (Å²) in [7, 11) is -3.75. The SMILES string of the molecule is O=S(=O)(Nc1ccc2c(c1)OCCO2)c1ccccc1Cl. The van der Waals surface area contributed by atoms with Gasteiger partial charge in [0.2, 0.25) is 0 Å². The van der Waals surface area contributed by atoms with Crippen LogP contribution in [0, 0.1) is 0 Å². The van der Waals surface area contributed by atoms with Gasteiger partial charge in [0.25, 0.3) is 10.0 Å². The quantitative estimate of drug-likeness (QED) is 0.942. The summed E-state index contributed by atoms with van der Waals surface area (Å²) in [5.74, 6) is 1.11. The zero-order valence-corrected chi connectivity index (χ0v) is 12.4. The molecule has 0 radical (unpaired) electrons. The summed E-state index contributed by atoms with van der Waals surface area (Å²) in [5, 5.41) is 0.169. The number of nitrogens with one attached hydrogen (secondary N) is 1. The molecule has 110 valence electrons. The van der Waals surface area contributed by atoms with E-state index in [-0.39, 0.29) is 9.92 Å². The average Bonchev–Trinajstić information content (AvgIpc) is 2.47. The van der Waals surface area contributed by atoms with Crippen LogP contribution in [0.5, 0.6) is 11.5 Å². The maximum atomic E-state index is 12.3. The van der Waals surface area contributed by atoms with Gasteiger partial charge in [-0.2, -0.15) is 0 Å². The predicted octanol–water partition coefficient (Wildman–Crippen LogP) is 2.91. The molecule has 0 aliphatic carbocycles. The van der Waals surface area contributed by atoms with Crippen molar-refractivity contribution in [1.82, 2.24) is 0 Å². The first kappa shape index (κ1) is 14.0. The maximum Gasteiger partial charge on any atom is 0.263 e. The van der Waals surface area contributed by atoms with E-state index in [0.717, 1.165) is 0 Å². The summed E-state index contributed by atoms with van der Waals surface area (Å²) in [4.78, 5) is 0.0292. The molecule has 1 heterocycles. The minimum atomic E-state index is -3.75. The highest BCUT2D eigenvalue weighted by molar-refractivity contribution is 7.92. The Morgan fingerprint density at radius 3 is 2.48 bits per heavy atom. The lowest BCUT2D eigenvalue weighted by Gasteiger charge is -2.19. The third-order valence-electron chi connectivity index (χ3n) is 2.92. The smallest absolute Gasteiger partial charge is 0.263 e. The van der Waals surface area contributed by atoms with Crippen LogP contribution < -0.4 is 14.2 Å². The Labute approximate surface area is 127 Å². The van der Waals surface area contributed by atoms with E-state index < -0.39 is 10.0 Å². The first-order chi connectivity index (χ1) is 10.1. The van der Waals surface area contributed by atoms with Crippen LogP contribution in [-0.4, -0.2) is 21.6 Å². The van der Waals surface area contributed by atoms with E-state index >= 15 is 0 Å². The van der Waals surface area contributed by atoms with Gasteiger partial charge in [-0.15, -0.1) is 0 Å². The summed E-state index contributed by atoms with van der Waals surface area (Å²) < 4.78 is 37.9. The minimum Gasteiger partial charge on any atom is -0.486 e. The molecule has 0 aromatic heterocycles. The van der Waals surface area contributed by atoms with Crippen LogP contribution in [-0.2, 0) is 10.0 Å². The monoisotopic (exact) mass is 325 g/mol. The molecular weight excluding hydrogens is 314 g/mol. The summed E-state index contributed by atoms with van der Waals surface area (Å²) >= 11 is 5.93. The van der Waals surface area contributed by atoms with E-state index in [0.29, 0.717) is 30.4 Å². The highest BCUT2D eigenvalue weighted by Gasteiger charge is 2.19. The molecule has 7 heteroatoms. The van der Waals surface area contributed by atoms with Crippen LogP contribution in [0.3, 0.4) is 0 Å². The summed E-state index contributed by atoms with van der Waals surface area (Å²) in [6.45, 7) is 0.922. The van der Waals surface area contributed by atoms with Crippen molar-refractivity contribution < 1.29 is 17.9 Å². The highest BCUT2D eigenvalue weighted by Crippen LogP contribution is 2.33. The third kappa shape index (κ3) is 2.91. The summed E-state index contributed by atoms with van der Waals surface area (Å²) in [6, 6.07) is 11.1. The van der Waals surface area contributed by atoms with Gasteiger partial charge in [-0.25, -0.2) is 8.42 Å². The molecule has 0 bridgehead atoms. The molecule has 0 atom stereocenters. The normalized spacial score (nSPS) is 13.8. The number of hydrogen-bond acceptors (Lipinski definition) is 4. The molecule has 3 rings (SSSR count). The van der Waals surface area contributed by atoms with Crippen molar-refractivity contribution in [2.24, 2.45) is 0 Å². The van der Waals surface area contributed by atoms with Crippen molar-refractivity contribution in [2.45, 2.75) is 4.90 Å². The van der Waals surface area contributed by atoms with Crippen LogP contribution in [0.4, 0.5) is 5.69 Å². The van der Waals surface area contributed by atoms with E-state index in [1.807, 2.05) is 0 Å². The average molecular weight is 326 g/mol. The zero-order chi connectivity index (χ0) is 14.9. The fraction of sp³-hybridized carbons (Fsp3) is 0.143. The van der Waals surface area contributed by atoms with E-state index in [1.165, 1.54) is 12.1 Å². The Balaban J connectivity index is 1.91. The number of rotatable bonds is 3. The zero-order valence-electron chi connectivity index (χ0n) is 10.9. The molecule has 0 spiro atoms. The van der Waals surface area contributed by atoms with Gasteiger partial charge < -0.3 is 9.47 Å². The lowest BCUT2D eigenvalue weighted by atomic mass is 10.3. The van der Waals surface area contributed by atoms with Crippen molar-refractivity contribution >= 4 is 27.3 Å². The van der Waals surface area contributed by atoms with Crippen molar-refractivity contribution in [2.75, 3.05) is 17.9 Å². The van der Waals surface area contributed by atoms with Crippen LogP contribution in [0.1, 0.15) is 0 Å². The van der Waals surface area contributed by atoms with Gasteiger partial charge in [0.1, 0.15) is 18.1 Å². The molecule has 1 aliphatic heterocycles. The number of fused-ring (bicyclic) bond motifs is 1. The molecule has 1 N–H and O–H groups in total. The Hall–Kier alpha value is -1.92. The molecule has 0 saturated heterocycles. The number of sulfonamides is 1. The molecule has 2 aromatic rings. The fourth-order valence-electron chi connectivity index (χ4n) is 1.98. The molecule has 2 aromatic carbocycles. The maximum absolute atomic E-state index is 12.3. The van der Waals surface area contributed by atoms with Crippen LogP contribution in [0.2, 0.25) is 5.02 Å². The molecule has 21 heavy (non-hydrogen) atoms. The number of benzene rings is 2. The fourth-order valence-corrected chi connectivity index (χ4v) is 3.55. The molecule has 0 saturated carbocycles. The van der Waals surface area contributed by atoms with Gasteiger partial charge in [0, 0.05) is 6.07 Å². The Kier molecular flexibility index (Phi) is 3.65. The minimum absolute atomic E-state index is 0.0292. The number of anilines is 1. The summed E-state index contributed by atoms with van der Waals surface area (Å²) in [5.41, 5.74) is 0.388. The standard InChI is InChI=1S/C14H12ClNO4S/c15-11-3-1-2-4-14(11)21(17,18)16-10-5-6-12-13(9-10)20-8-7-19-12/h1-6,9,16H,7-8H2. The van der Waals surface area contributed by atoms with Crippen molar-refractivity contribution in [1.29, 1.82) is 0 Å². The van der Waals surface area contributed by atoms with E-state index in [2.05, 4.69) is 4.72 Å². The van der Waals surface area contributed by atoms with Gasteiger partial charge in [0.05, 0.1) is 10.7 Å². The van der Waals surface area contributed by atoms with Gasteiger partial charge >= 0.3 is 0 Å². The number of hydrogen-bond donors (Lipinski definition) is 1. The van der Waals surface area contributed by atoms with Gasteiger partial charge in [-0.3, -0.25) is 4.72 Å². The Morgan fingerprint density at radius 2 is 1.71 bits per heavy atom. The van der Waals surface area contributed by atoms with Gasteiger partial charge in [0.15, 0.2) is 11.5 Å². The van der Waals surface area contributed by atoms with E-state index in [4.69, 9.17) is 21.1 Å². The van der Waals surface area contributed by atoms with Crippen molar-refractivity contribution in [3.8, 4) is 11.5 Å². The second-order valence-electron chi connectivity index (χ2n) is 4.39. The molecule has 5 nitrogen and oxygen atoms in total. The number of ether oxygens (including phenoxy) is 2. The molecule has 0 fully saturated rings. The van der Waals surface area contributed by atoms with Crippen molar-refractivity contribution in [3.05, 3.63) is 47.5 Å². The van der Waals surface area contributed by atoms with Crippen LogP contribution >= 0.6 is 11.6 Å². The van der Waals surface area contributed by atoms with Gasteiger partial charge in [-0.05, 0) is 24.3 Å². The predicted molar refractivity (Wildman–Crippen MR) is 79.7 cm³/mol. The lowest BCUT2D eigenvalue weighted by molar-refractivity contribution is 0.171.